The first-order chi connectivity index (χ1) is 4.62. The Balaban J connectivity index is 2.38. The van der Waals surface area contributed by atoms with Gasteiger partial charge in [0.15, 0.2) is 0 Å². The SMILES string of the molecule is CC1=NC(N)=NC2(C)CC12. The van der Waals surface area contributed by atoms with Crippen LogP contribution < -0.4 is 5.73 Å². The van der Waals surface area contributed by atoms with Crippen molar-refractivity contribution in [1.29, 1.82) is 0 Å². The number of nitrogens with zero attached hydrogens (tertiary/aromatic N) is 2. The fourth-order valence-corrected chi connectivity index (χ4v) is 1.62. The Hall–Kier alpha value is -0.860. The fourth-order valence-electron chi connectivity index (χ4n) is 1.62. The average Bonchev–Trinajstić information content (AvgIpc) is 2.39. The van der Waals surface area contributed by atoms with Gasteiger partial charge in [-0.2, -0.15) is 0 Å². The van der Waals surface area contributed by atoms with Crippen molar-refractivity contribution in [3.05, 3.63) is 0 Å². The molecule has 2 aliphatic rings. The highest BCUT2D eigenvalue weighted by Crippen LogP contribution is 2.49. The molecule has 0 saturated heterocycles. The third kappa shape index (κ3) is 0.602. The van der Waals surface area contributed by atoms with Crippen LogP contribution in [0.5, 0.6) is 0 Å². The summed E-state index contributed by atoms with van der Waals surface area (Å²) < 4.78 is 0. The number of guanidine groups is 1. The van der Waals surface area contributed by atoms with Gasteiger partial charge in [0.2, 0.25) is 5.96 Å². The highest BCUT2D eigenvalue weighted by Gasteiger charge is 2.53. The van der Waals surface area contributed by atoms with Crippen LogP contribution in [-0.2, 0) is 0 Å². The van der Waals surface area contributed by atoms with Gasteiger partial charge in [-0.3, -0.25) is 0 Å². The summed E-state index contributed by atoms with van der Waals surface area (Å²) in [4.78, 5) is 8.34. The van der Waals surface area contributed by atoms with Gasteiger partial charge in [0, 0.05) is 11.6 Å². The zero-order valence-electron chi connectivity index (χ0n) is 6.26. The van der Waals surface area contributed by atoms with E-state index in [1.165, 1.54) is 0 Å². The number of rotatable bonds is 0. The highest BCUT2D eigenvalue weighted by molar-refractivity contribution is 6.01. The molecule has 2 unspecified atom stereocenters. The van der Waals surface area contributed by atoms with Gasteiger partial charge in [-0.25, -0.2) is 9.98 Å². The van der Waals surface area contributed by atoms with Crippen molar-refractivity contribution >= 4 is 11.7 Å². The number of aliphatic imine (C=N–C) groups is 2. The van der Waals surface area contributed by atoms with Gasteiger partial charge in [0.1, 0.15) is 0 Å². The van der Waals surface area contributed by atoms with Crippen molar-refractivity contribution in [3.8, 4) is 0 Å². The van der Waals surface area contributed by atoms with E-state index in [1.807, 2.05) is 6.92 Å². The summed E-state index contributed by atoms with van der Waals surface area (Å²) in [5.41, 5.74) is 6.76. The first-order valence-corrected chi connectivity index (χ1v) is 3.52. The van der Waals surface area contributed by atoms with Crippen molar-refractivity contribution in [3.63, 3.8) is 0 Å². The van der Waals surface area contributed by atoms with Crippen molar-refractivity contribution < 1.29 is 0 Å². The molecule has 2 atom stereocenters. The van der Waals surface area contributed by atoms with E-state index in [2.05, 4.69) is 16.9 Å². The normalized spacial score (nSPS) is 43.6. The summed E-state index contributed by atoms with van der Waals surface area (Å²) in [5, 5.41) is 0. The van der Waals surface area contributed by atoms with Crippen LogP contribution in [-0.4, -0.2) is 17.2 Å². The minimum Gasteiger partial charge on any atom is -0.368 e. The summed E-state index contributed by atoms with van der Waals surface area (Å²) in [6.07, 6.45) is 1.13. The van der Waals surface area contributed by atoms with E-state index >= 15 is 0 Å². The first-order valence-electron chi connectivity index (χ1n) is 3.52. The Kier molecular flexibility index (Phi) is 0.832. The molecule has 0 aromatic rings. The van der Waals surface area contributed by atoms with Crippen molar-refractivity contribution in [2.24, 2.45) is 21.6 Å². The van der Waals surface area contributed by atoms with Crippen molar-refractivity contribution in [2.75, 3.05) is 0 Å². The Bertz CT molecular complexity index is 241. The second kappa shape index (κ2) is 1.41. The van der Waals surface area contributed by atoms with E-state index in [0.717, 1.165) is 12.1 Å². The molecule has 0 amide bonds. The molecule has 3 heteroatoms. The lowest BCUT2D eigenvalue weighted by Gasteiger charge is -2.10. The van der Waals surface area contributed by atoms with Crippen molar-refractivity contribution in [2.45, 2.75) is 25.8 Å². The summed E-state index contributed by atoms with van der Waals surface area (Å²) in [7, 11) is 0. The van der Waals surface area contributed by atoms with Crippen molar-refractivity contribution in [1.82, 2.24) is 0 Å². The maximum atomic E-state index is 5.49. The van der Waals surface area contributed by atoms with E-state index in [9.17, 15) is 0 Å². The first kappa shape index (κ1) is 5.89. The molecule has 1 heterocycles. The third-order valence-corrected chi connectivity index (χ3v) is 2.37. The van der Waals surface area contributed by atoms with Crippen LogP contribution in [0.2, 0.25) is 0 Å². The second-order valence-corrected chi connectivity index (χ2v) is 3.34. The molecule has 54 valence electrons. The summed E-state index contributed by atoms with van der Waals surface area (Å²) >= 11 is 0. The molecule has 2 N–H and O–H groups in total. The number of fused-ring (bicyclic) bond motifs is 1. The molecule has 0 aromatic heterocycles. The minimum atomic E-state index is 0.121. The lowest BCUT2D eigenvalue weighted by molar-refractivity contribution is 0.720. The van der Waals surface area contributed by atoms with E-state index in [4.69, 9.17) is 5.73 Å². The van der Waals surface area contributed by atoms with Gasteiger partial charge in [-0.15, -0.1) is 0 Å². The molecule has 1 aliphatic heterocycles. The lowest BCUT2D eigenvalue weighted by atomic mass is 10.1. The predicted octanol–water partition coefficient (Wildman–Crippen LogP) is 0.554. The van der Waals surface area contributed by atoms with E-state index in [1.54, 1.807) is 0 Å². The van der Waals surface area contributed by atoms with E-state index in [0.29, 0.717) is 11.9 Å². The van der Waals surface area contributed by atoms with Crippen LogP contribution in [0.4, 0.5) is 0 Å². The lowest BCUT2D eigenvalue weighted by Crippen LogP contribution is -2.23. The molecule has 0 aromatic carbocycles. The molecule has 10 heavy (non-hydrogen) atoms. The Morgan fingerprint density at radius 2 is 2.40 bits per heavy atom. The molecule has 0 spiro atoms. The monoisotopic (exact) mass is 137 g/mol. The molecule has 1 saturated carbocycles. The maximum Gasteiger partial charge on any atom is 0.215 e. The fraction of sp³-hybridized carbons (Fsp3) is 0.714. The van der Waals surface area contributed by atoms with Gasteiger partial charge < -0.3 is 5.73 Å². The quantitative estimate of drug-likeness (QED) is 0.521. The maximum absolute atomic E-state index is 5.49. The molecule has 1 aliphatic carbocycles. The van der Waals surface area contributed by atoms with E-state index < -0.39 is 0 Å². The molecule has 0 radical (unpaired) electrons. The van der Waals surface area contributed by atoms with Crippen LogP contribution in [0.15, 0.2) is 9.98 Å². The summed E-state index contributed by atoms with van der Waals surface area (Å²) in [5.74, 6) is 1.04. The largest absolute Gasteiger partial charge is 0.368 e. The highest BCUT2D eigenvalue weighted by atomic mass is 15.1. The number of nitrogens with two attached hydrogens (primary N) is 1. The minimum absolute atomic E-state index is 0.121. The van der Waals surface area contributed by atoms with Crippen LogP contribution in [0, 0.1) is 5.92 Å². The third-order valence-electron chi connectivity index (χ3n) is 2.37. The Morgan fingerprint density at radius 1 is 1.70 bits per heavy atom. The van der Waals surface area contributed by atoms with E-state index in [-0.39, 0.29) is 5.54 Å². The predicted molar refractivity (Wildman–Crippen MR) is 41.2 cm³/mol. The molecule has 0 bridgehead atoms. The van der Waals surface area contributed by atoms with Crippen LogP contribution in [0.1, 0.15) is 20.3 Å². The number of hydrogen-bond donors (Lipinski definition) is 1. The van der Waals surface area contributed by atoms with Gasteiger partial charge in [0.05, 0.1) is 5.54 Å². The molecule has 1 fully saturated rings. The van der Waals surface area contributed by atoms with Crippen LogP contribution in [0.25, 0.3) is 0 Å². The second-order valence-electron chi connectivity index (χ2n) is 3.34. The summed E-state index contributed by atoms with van der Waals surface area (Å²) in [6.45, 7) is 4.15. The molecule has 2 rings (SSSR count). The Labute approximate surface area is 60.0 Å². The standard InChI is InChI=1S/C7H11N3/c1-4-5-3-7(5,2)10-6(8)9-4/h5H,3H2,1-2H3,(H2,8,10). The molecular formula is C7H11N3. The summed E-state index contributed by atoms with van der Waals surface area (Å²) in [6, 6.07) is 0. The molecular weight excluding hydrogens is 126 g/mol. The van der Waals surface area contributed by atoms with Gasteiger partial charge in [-0.1, -0.05) is 0 Å². The zero-order valence-corrected chi connectivity index (χ0v) is 6.26. The Morgan fingerprint density at radius 3 is 3.00 bits per heavy atom. The number of hydrogen-bond acceptors (Lipinski definition) is 3. The van der Waals surface area contributed by atoms with Gasteiger partial charge in [-0.05, 0) is 20.3 Å². The topological polar surface area (TPSA) is 50.7 Å². The average molecular weight is 137 g/mol. The smallest absolute Gasteiger partial charge is 0.215 e. The zero-order chi connectivity index (χ0) is 7.35. The van der Waals surface area contributed by atoms with Gasteiger partial charge in [0.25, 0.3) is 0 Å². The van der Waals surface area contributed by atoms with Crippen LogP contribution >= 0.6 is 0 Å². The molecule has 3 nitrogen and oxygen atoms in total. The van der Waals surface area contributed by atoms with Crippen LogP contribution in [0.3, 0.4) is 0 Å². The van der Waals surface area contributed by atoms with Gasteiger partial charge >= 0.3 is 0 Å².